The second-order valence-electron chi connectivity index (χ2n) is 3.87. The van der Waals surface area contributed by atoms with Crippen molar-refractivity contribution in [2.24, 2.45) is 0 Å². The Balaban J connectivity index is 2.61. The van der Waals surface area contributed by atoms with E-state index in [1.165, 1.54) is 12.1 Å². The minimum atomic E-state index is -0.397. The highest BCUT2D eigenvalue weighted by atomic mass is 16.3. The van der Waals surface area contributed by atoms with Gasteiger partial charge in [-0.05, 0) is 18.2 Å². The van der Waals surface area contributed by atoms with Crippen LogP contribution in [-0.4, -0.2) is 25.4 Å². The van der Waals surface area contributed by atoms with Gasteiger partial charge in [0.15, 0.2) is 11.5 Å². The first-order chi connectivity index (χ1) is 8.08. The minimum Gasteiger partial charge on any atom is -0.508 e. The molecule has 17 heavy (non-hydrogen) atoms. The summed E-state index contributed by atoms with van der Waals surface area (Å²) >= 11 is 0. The van der Waals surface area contributed by atoms with E-state index in [0.717, 1.165) is 6.07 Å². The summed E-state index contributed by atoms with van der Waals surface area (Å²) in [6, 6.07) is 5.66. The highest BCUT2D eigenvalue weighted by Gasteiger charge is 2.15. The van der Waals surface area contributed by atoms with Crippen LogP contribution in [0.15, 0.2) is 24.3 Å². The lowest BCUT2D eigenvalue weighted by molar-refractivity contribution is 0.402. The number of aromatic amines is 1. The molecule has 0 amide bonds. The summed E-state index contributed by atoms with van der Waals surface area (Å²) in [5, 5.41) is 39.2. The van der Waals surface area contributed by atoms with Gasteiger partial charge in [0.25, 0.3) is 0 Å². The van der Waals surface area contributed by atoms with Gasteiger partial charge in [0.05, 0.1) is 10.9 Å². The maximum absolute atomic E-state index is 9.78. The number of phenols is 4. The molecular formula is C12H9NO4. The molecule has 0 aliphatic rings. The Hall–Kier alpha value is -2.56. The highest BCUT2D eigenvalue weighted by molar-refractivity contribution is 6.13. The Morgan fingerprint density at radius 3 is 2.41 bits per heavy atom. The van der Waals surface area contributed by atoms with Crippen molar-refractivity contribution >= 4 is 21.8 Å². The largest absolute Gasteiger partial charge is 0.508 e. The van der Waals surface area contributed by atoms with Crippen LogP contribution in [0.2, 0.25) is 0 Å². The van der Waals surface area contributed by atoms with Crippen LogP contribution in [0, 0.1) is 0 Å². The Kier molecular flexibility index (Phi) is 1.69. The molecule has 0 saturated heterocycles. The van der Waals surface area contributed by atoms with Crippen LogP contribution in [0.1, 0.15) is 0 Å². The van der Waals surface area contributed by atoms with E-state index in [1.807, 2.05) is 0 Å². The number of aromatic hydroxyl groups is 4. The van der Waals surface area contributed by atoms with Crippen molar-refractivity contribution < 1.29 is 20.4 Å². The van der Waals surface area contributed by atoms with E-state index >= 15 is 0 Å². The topological polar surface area (TPSA) is 96.7 Å². The lowest BCUT2D eigenvalue weighted by atomic mass is 10.1. The average molecular weight is 231 g/mol. The monoisotopic (exact) mass is 231 g/mol. The summed E-state index contributed by atoms with van der Waals surface area (Å²) in [4.78, 5) is 2.87. The summed E-state index contributed by atoms with van der Waals surface area (Å²) in [7, 11) is 0. The van der Waals surface area contributed by atoms with Crippen LogP contribution >= 0.6 is 0 Å². The maximum atomic E-state index is 9.78. The quantitative estimate of drug-likeness (QED) is 0.302. The van der Waals surface area contributed by atoms with Gasteiger partial charge in [-0.1, -0.05) is 0 Å². The first-order valence-corrected chi connectivity index (χ1v) is 4.96. The standard InChI is InChI=1S/C12H9NO4/c14-5-1-2-7-6(3-5)10-8(15)4-9(16)12(17)11(10)13-7/h1-4,13-17H. The van der Waals surface area contributed by atoms with Crippen molar-refractivity contribution in [3.05, 3.63) is 24.3 Å². The predicted molar refractivity (Wildman–Crippen MR) is 62.5 cm³/mol. The highest BCUT2D eigenvalue weighted by Crippen LogP contribution is 2.43. The summed E-state index contributed by atoms with van der Waals surface area (Å²) in [6.07, 6.45) is 0. The van der Waals surface area contributed by atoms with Crippen molar-refractivity contribution in [1.82, 2.24) is 4.98 Å². The molecule has 0 bridgehead atoms. The average Bonchev–Trinajstić information content (AvgIpc) is 2.65. The van der Waals surface area contributed by atoms with Gasteiger partial charge in [0.2, 0.25) is 0 Å². The molecule has 0 fully saturated rings. The van der Waals surface area contributed by atoms with Crippen molar-refractivity contribution in [3.63, 3.8) is 0 Å². The van der Waals surface area contributed by atoms with Gasteiger partial charge >= 0.3 is 0 Å². The lowest BCUT2D eigenvalue weighted by Gasteiger charge is -2.01. The zero-order valence-corrected chi connectivity index (χ0v) is 8.60. The Labute approximate surface area is 95.2 Å². The Morgan fingerprint density at radius 1 is 0.882 bits per heavy atom. The summed E-state index contributed by atoms with van der Waals surface area (Å²) in [5.41, 5.74) is 0.886. The fourth-order valence-corrected chi connectivity index (χ4v) is 2.02. The van der Waals surface area contributed by atoms with Crippen molar-refractivity contribution in [2.45, 2.75) is 0 Å². The van der Waals surface area contributed by atoms with Crippen molar-refractivity contribution in [1.29, 1.82) is 0 Å². The number of benzene rings is 2. The summed E-state index contributed by atoms with van der Waals surface area (Å²) in [6.45, 7) is 0. The minimum absolute atomic E-state index is 0.0605. The zero-order valence-electron chi connectivity index (χ0n) is 8.60. The van der Waals surface area contributed by atoms with Gasteiger partial charge in [-0.2, -0.15) is 0 Å². The molecule has 2 aromatic carbocycles. The van der Waals surface area contributed by atoms with Crippen LogP contribution < -0.4 is 0 Å². The third-order valence-corrected chi connectivity index (χ3v) is 2.79. The molecule has 86 valence electrons. The van der Waals surface area contributed by atoms with Crippen LogP contribution in [-0.2, 0) is 0 Å². The third kappa shape index (κ3) is 1.19. The Morgan fingerprint density at radius 2 is 1.65 bits per heavy atom. The normalized spacial score (nSPS) is 11.3. The molecule has 5 heteroatoms. The van der Waals surface area contributed by atoms with Crippen molar-refractivity contribution in [3.8, 4) is 23.0 Å². The van der Waals surface area contributed by atoms with Gasteiger partial charge in [-0.15, -0.1) is 0 Å². The number of H-pyrrole nitrogens is 1. The van der Waals surface area contributed by atoms with E-state index in [9.17, 15) is 20.4 Å². The van der Waals surface area contributed by atoms with Crippen LogP contribution in [0.4, 0.5) is 0 Å². The lowest BCUT2D eigenvalue weighted by Crippen LogP contribution is -1.74. The molecule has 3 rings (SSSR count). The molecule has 0 aliphatic carbocycles. The molecule has 0 atom stereocenters. The van der Waals surface area contributed by atoms with Crippen molar-refractivity contribution in [2.75, 3.05) is 0 Å². The summed E-state index contributed by atoms with van der Waals surface area (Å²) < 4.78 is 0. The smallest absolute Gasteiger partial charge is 0.182 e. The second-order valence-corrected chi connectivity index (χ2v) is 3.87. The maximum Gasteiger partial charge on any atom is 0.182 e. The number of hydrogen-bond acceptors (Lipinski definition) is 4. The molecule has 0 unspecified atom stereocenters. The van der Waals surface area contributed by atoms with E-state index in [0.29, 0.717) is 16.3 Å². The van der Waals surface area contributed by atoms with Gasteiger partial charge < -0.3 is 25.4 Å². The van der Waals surface area contributed by atoms with Gasteiger partial charge in [0, 0.05) is 17.0 Å². The van der Waals surface area contributed by atoms with Crippen LogP contribution in [0.25, 0.3) is 21.8 Å². The van der Waals surface area contributed by atoms with Crippen LogP contribution in [0.5, 0.6) is 23.0 Å². The molecule has 0 aliphatic heterocycles. The third-order valence-electron chi connectivity index (χ3n) is 2.79. The summed E-state index contributed by atoms with van der Waals surface area (Å²) in [5.74, 6) is -0.822. The van der Waals surface area contributed by atoms with E-state index in [2.05, 4.69) is 4.98 Å². The molecule has 1 aromatic heterocycles. The number of hydrogen-bond donors (Lipinski definition) is 5. The predicted octanol–water partition coefficient (Wildman–Crippen LogP) is 2.14. The number of aromatic nitrogens is 1. The first kappa shape index (κ1) is 9.65. The van der Waals surface area contributed by atoms with Gasteiger partial charge in [-0.3, -0.25) is 0 Å². The van der Waals surface area contributed by atoms with E-state index in [4.69, 9.17) is 0 Å². The van der Waals surface area contributed by atoms with Crippen LogP contribution in [0.3, 0.4) is 0 Å². The molecule has 1 heterocycles. The number of fused-ring (bicyclic) bond motifs is 3. The van der Waals surface area contributed by atoms with E-state index < -0.39 is 5.75 Å². The molecule has 5 nitrogen and oxygen atoms in total. The zero-order chi connectivity index (χ0) is 12.2. The molecule has 0 radical (unpaired) electrons. The first-order valence-electron chi connectivity index (χ1n) is 4.96. The second kappa shape index (κ2) is 2.98. The molecule has 3 aromatic rings. The van der Waals surface area contributed by atoms with Gasteiger partial charge in [0.1, 0.15) is 11.5 Å². The number of nitrogens with one attached hydrogen (secondary N) is 1. The Bertz CT molecular complexity index is 745. The fourth-order valence-electron chi connectivity index (χ4n) is 2.02. The molecular weight excluding hydrogens is 222 g/mol. The fraction of sp³-hybridized carbons (Fsp3) is 0. The number of rotatable bonds is 0. The van der Waals surface area contributed by atoms with E-state index in [1.54, 1.807) is 6.07 Å². The van der Waals surface area contributed by atoms with Gasteiger partial charge in [-0.25, -0.2) is 0 Å². The van der Waals surface area contributed by atoms with E-state index in [-0.39, 0.29) is 22.8 Å². The molecule has 0 saturated carbocycles. The SMILES string of the molecule is Oc1ccc2[nH]c3c(O)c(O)cc(O)c3c2c1. The number of phenolic OH excluding ortho intramolecular Hbond substituents is 4. The molecule has 0 spiro atoms. The molecule has 5 N–H and O–H groups in total.